The fourth-order valence-electron chi connectivity index (χ4n) is 1.04. The highest BCUT2D eigenvalue weighted by atomic mass is 35.5. The summed E-state index contributed by atoms with van der Waals surface area (Å²) in [5, 5.41) is -0.363. The third-order valence-electron chi connectivity index (χ3n) is 1.66. The van der Waals surface area contributed by atoms with Crippen molar-refractivity contribution in [1.82, 2.24) is 4.90 Å². The minimum Gasteiger partial charge on any atom is -0.340 e. The Morgan fingerprint density at radius 3 is 2.55 bits per heavy atom. The van der Waals surface area contributed by atoms with Gasteiger partial charge < -0.3 is 4.90 Å². The van der Waals surface area contributed by atoms with Gasteiger partial charge in [0.05, 0.1) is 0 Å². The summed E-state index contributed by atoms with van der Waals surface area (Å²) < 4.78 is 0. The standard InChI is InChI=1S/C7H12ClNOS/c1-6(8)7(10)9-2-4-11-5-3-9/h6H,2-5H2,1H3. The molecule has 1 fully saturated rings. The van der Waals surface area contributed by atoms with Crippen molar-refractivity contribution in [2.24, 2.45) is 0 Å². The van der Waals surface area contributed by atoms with E-state index in [-0.39, 0.29) is 11.3 Å². The maximum Gasteiger partial charge on any atom is 0.240 e. The average Bonchev–Trinajstić information content (AvgIpc) is 2.05. The van der Waals surface area contributed by atoms with Crippen LogP contribution in [0.25, 0.3) is 0 Å². The molecule has 1 amide bonds. The topological polar surface area (TPSA) is 20.3 Å². The van der Waals surface area contributed by atoms with E-state index >= 15 is 0 Å². The number of hydrogen-bond acceptors (Lipinski definition) is 2. The fourth-order valence-corrected chi connectivity index (χ4v) is 2.08. The molecule has 0 bridgehead atoms. The minimum absolute atomic E-state index is 0.0759. The first-order valence-electron chi connectivity index (χ1n) is 3.72. The molecule has 1 heterocycles. The summed E-state index contributed by atoms with van der Waals surface area (Å²) in [7, 11) is 0. The first kappa shape index (κ1) is 9.20. The first-order valence-corrected chi connectivity index (χ1v) is 5.31. The number of hydrogen-bond donors (Lipinski definition) is 0. The van der Waals surface area contributed by atoms with Crippen LogP contribution >= 0.6 is 23.4 Å². The van der Waals surface area contributed by atoms with Crippen LogP contribution in [-0.4, -0.2) is 40.8 Å². The van der Waals surface area contributed by atoms with E-state index in [0.717, 1.165) is 24.6 Å². The predicted molar refractivity (Wildman–Crippen MR) is 49.2 cm³/mol. The highest BCUT2D eigenvalue weighted by Gasteiger charge is 2.19. The molecule has 0 spiro atoms. The van der Waals surface area contributed by atoms with E-state index in [4.69, 9.17) is 11.6 Å². The summed E-state index contributed by atoms with van der Waals surface area (Å²) in [6.07, 6.45) is 0. The van der Waals surface area contributed by atoms with Gasteiger partial charge in [-0.05, 0) is 6.92 Å². The molecule has 0 aromatic heterocycles. The van der Waals surface area contributed by atoms with Crippen molar-refractivity contribution in [3.63, 3.8) is 0 Å². The van der Waals surface area contributed by atoms with Crippen LogP contribution in [0.3, 0.4) is 0 Å². The normalized spacial score (nSPS) is 21.5. The van der Waals surface area contributed by atoms with Crippen molar-refractivity contribution in [2.45, 2.75) is 12.3 Å². The molecule has 4 heteroatoms. The molecule has 1 atom stereocenters. The smallest absolute Gasteiger partial charge is 0.240 e. The summed E-state index contributed by atoms with van der Waals surface area (Å²) in [6.45, 7) is 3.45. The second-order valence-electron chi connectivity index (χ2n) is 2.55. The number of carbonyl (C=O) groups is 1. The largest absolute Gasteiger partial charge is 0.340 e. The molecule has 1 rings (SSSR count). The van der Waals surface area contributed by atoms with Crippen molar-refractivity contribution in [3.05, 3.63) is 0 Å². The number of nitrogens with zero attached hydrogens (tertiary/aromatic N) is 1. The van der Waals surface area contributed by atoms with Crippen molar-refractivity contribution in [1.29, 1.82) is 0 Å². The Balaban J connectivity index is 2.39. The minimum atomic E-state index is -0.363. The Bertz CT molecular complexity index is 145. The zero-order valence-corrected chi connectivity index (χ0v) is 8.12. The van der Waals surface area contributed by atoms with E-state index < -0.39 is 0 Å². The molecule has 0 aromatic rings. The first-order chi connectivity index (χ1) is 5.22. The van der Waals surface area contributed by atoms with Crippen LogP contribution in [0.5, 0.6) is 0 Å². The molecule has 0 saturated carbocycles. The quantitative estimate of drug-likeness (QED) is 0.584. The highest BCUT2D eigenvalue weighted by Crippen LogP contribution is 2.11. The van der Waals surface area contributed by atoms with Gasteiger partial charge in [-0.15, -0.1) is 11.6 Å². The molecular weight excluding hydrogens is 182 g/mol. The molecule has 1 aliphatic rings. The molecule has 11 heavy (non-hydrogen) atoms. The van der Waals surface area contributed by atoms with Gasteiger partial charge >= 0.3 is 0 Å². The second kappa shape index (κ2) is 4.21. The monoisotopic (exact) mass is 193 g/mol. The Hall–Kier alpha value is 0.110. The molecule has 0 N–H and O–H groups in total. The molecule has 2 nitrogen and oxygen atoms in total. The van der Waals surface area contributed by atoms with Gasteiger partial charge in [-0.2, -0.15) is 11.8 Å². The van der Waals surface area contributed by atoms with Crippen molar-refractivity contribution < 1.29 is 4.79 Å². The molecule has 1 unspecified atom stereocenters. The molecule has 1 aliphatic heterocycles. The lowest BCUT2D eigenvalue weighted by Gasteiger charge is -2.27. The Morgan fingerprint density at radius 1 is 1.55 bits per heavy atom. The van der Waals surface area contributed by atoms with Gasteiger partial charge in [0.1, 0.15) is 5.38 Å². The van der Waals surface area contributed by atoms with Crippen molar-refractivity contribution in [2.75, 3.05) is 24.6 Å². The summed E-state index contributed by atoms with van der Waals surface area (Å²) in [6, 6.07) is 0. The van der Waals surface area contributed by atoms with Crippen LogP contribution in [-0.2, 0) is 4.79 Å². The zero-order valence-electron chi connectivity index (χ0n) is 6.55. The van der Waals surface area contributed by atoms with Gasteiger partial charge in [0.15, 0.2) is 0 Å². The lowest BCUT2D eigenvalue weighted by atomic mass is 10.4. The van der Waals surface area contributed by atoms with Crippen LogP contribution in [0.1, 0.15) is 6.92 Å². The lowest BCUT2D eigenvalue weighted by Crippen LogP contribution is -2.41. The molecule has 1 saturated heterocycles. The van der Waals surface area contributed by atoms with E-state index in [2.05, 4.69) is 0 Å². The molecule has 0 aliphatic carbocycles. The summed E-state index contributed by atoms with van der Waals surface area (Å²) >= 11 is 7.55. The van der Waals surface area contributed by atoms with Gasteiger partial charge in [-0.25, -0.2) is 0 Å². The van der Waals surface area contributed by atoms with Crippen LogP contribution in [0.2, 0.25) is 0 Å². The summed E-state index contributed by atoms with van der Waals surface area (Å²) in [4.78, 5) is 13.1. The van der Waals surface area contributed by atoms with E-state index in [9.17, 15) is 4.79 Å². The third kappa shape index (κ3) is 2.56. The van der Waals surface area contributed by atoms with E-state index in [1.54, 1.807) is 6.92 Å². The number of amides is 1. The van der Waals surface area contributed by atoms with Crippen LogP contribution in [0.15, 0.2) is 0 Å². The zero-order chi connectivity index (χ0) is 8.27. The molecule has 64 valence electrons. The van der Waals surface area contributed by atoms with Crippen molar-refractivity contribution in [3.8, 4) is 0 Å². The van der Waals surface area contributed by atoms with Gasteiger partial charge in [0, 0.05) is 24.6 Å². The highest BCUT2D eigenvalue weighted by molar-refractivity contribution is 7.99. The van der Waals surface area contributed by atoms with Gasteiger partial charge in [0.25, 0.3) is 0 Å². The van der Waals surface area contributed by atoms with Crippen molar-refractivity contribution >= 4 is 29.3 Å². The van der Waals surface area contributed by atoms with Crippen LogP contribution in [0.4, 0.5) is 0 Å². The van der Waals surface area contributed by atoms with Crippen LogP contribution in [0, 0.1) is 0 Å². The second-order valence-corrected chi connectivity index (χ2v) is 4.43. The SMILES string of the molecule is CC(Cl)C(=O)N1CCSCC1. The summed E-state index contributed by atoms with van der Waals surface area (Å²) in [5.41, 5.74) is 0. The molecule has 0 aromatic carbocycles. The van der Waals surface area contributed by atoms with Crippen LogP contribution < -0.4 is 0 Å². The number of carbonyl (C=O) groups excluding carboxylic acids is 1. The van der Waals surface area contributed by atoms with E-state index in [1.165, 1.54) is 0 Å². The lowest BCUT2D eigenvalue weighted by molar-refractivity contribution is -0.130. The molecule has 0 radical (unpaired) electrons. The fraction of sp³-hybridized carbons (Fsp3) is 0.857. The van der Waals surface area contributed by atoms with E-state index in [1.807, 2.05) is 16.7 Å². The Labute approximate surface area is 76.3 Å². The Kier molecular flexibility index (Phi) is 3.52. The number of halogens is 1. The average molecular weight is 194 g/mol. The Morgan fingerprint density at radius 2 is 2.09 bits per heavy atom. The number of rotatable bonds is 1. The predicted octanol–water partition coefficient (Wildman–Crippen LogP) is 1.19. The van der Waals surface area contributed by atoms with Gasteiger partial charge in [0.2, 0.25) is 5.91 Å². The van der Waals surface area contributed by atoms with E-state index in [0.29, 0.717) is 0 Å². The van der Waals surface area contributed by atoms with Gasteiger partial charge in [-0.3, -0.25) is 4.79 Å². The maximum absolute atomic E-state index is 11.3. The third-order valence-corrected chi connectivity index (χ3v) is 2.79. The molecular formula is C7H12ClNOS. The maximum atomic E-state index is 11.3. The number of alkyl halides is 1. The number of thioether (sulfide) groups is 1. The summed E-state index contributed by atoms with van der Waals surface area (Å²) in [5.74, 6) is 2.18. The van der Waals surface area contributed by atoms with Gasteiger partial charge in [-0.1, -0.05) is 0 Å².